The number of para-hydroxylation sites is 1. The van der Waals surface area contributed by atoms with Crippen LogP contribution in [0.15, 0.2) is 42.5 Å². The molecule has 1 aromatic heterocycles. The first-order valence-electron chi connectivity index (χ1n) is 7.79. The molecule has 0 radical (unpaired) electrons. The maximum Gasteiger partial charge on any atom is 0.267 e. The summed E-state index contributed by atoms with van der Waals surface area (Å²) in [6, 6.07) is 12.1. The molecule has 3 aromatic rings. The van der Waals surface area contributed by atoms with E-state index in [1.54, 1.807) is 6.07 Å². The number of thiophene rings is 1. The van der Waals surface area contributed by atoms with Gasteiger partial charge in [-0.15, -0.1) is 11.3 Å². The lowest BCUT2D eigenvalue weighted by Crippen LogP contribution is -2.13. The van der Waals surface area contributed by atoms with Crippen LogP contribution in [0.4, 0.5) is 10.1 Å². The Morgan fingerprint density at radius 2 is 2.04 bits per heavy atom. The van der Waals surface area contributed by atoms with Crippen LogP contribution in [-0.2, 0) is 0 Å². The molecule has 24 heavy (non-hydrogen) atoms. The van der Waals surface area contributed by atoms with Gasteiger partial charge in [0.15, 0.2) is 0 Å². The standard InChI is InChI=1S/C19H17ClFNOS/c1-3-11(2)13-6-4-5-7-15(13)22-19(23)18-17(20)14-9-8-12(21)10-16(14)24-18/h4-11H,3H2,1-2H3,(H,22,23). The molecule has 0 saturated carbocycles. The molecule has 124 valence electrons. The predicted molar refractivity (Wildman–Crippen MR) is 99.9 cm³/mol. The number of anilines is 1. The van der Waals surface area contributed by atoms with Crippen LogP contribution in [0.25, 0.3) is 10.1 Å². The Bertz CT molecular complexity index is 906. The lowest BCUT2D eigenvalue weighted by molar-refractivity contribution is 0.103. The molecule has 0 spiro atoms. The van der Waals surface area contributed by atoms with Crippen molar-refractivity contribution in [1.29, 1.82) is 0 Å². The summed E-state index contributed by atoms with van der Waals surface area (Å²) in [4.78, 5) is 13.1. The summed E-state index contributed by atoms with van der Waals surface area (Å²) in [6.45, 7) is 4.24. The minimum atomic E-state index is -0.338. The number of amides is 1. The minimum absolute atomic E-state index is 0.266. The normalized spacial score (nSPS) is 12.3. The van der Waals surface area contributed by atoms with Crippen LogP contribution in [0.5, 0.6) is 0 Å². The molecule has 2 aromatic carbocycles. The summed E-state index contributed by atoms with van der Waals surface area (Å²) in [5, 5.41) is 4.02. The minimum Gasteiger partial charge on any atom is -0.321 e. The van der Waals surface area contributed by atoms with Crippen LogP contribution in [0, 0.1) is 5.82 Å². The molecule has 0 fully saturated rings. The van der Waals surface area contributed by atoms with E-state index in [2.05, 4.69) is 19.2 Å². The first kappa shape index (κ1) is 16.9. The molecule has 2 nitrogen and oxygen atoms in total. The van der Waals surface area contributed by atoms with Crippen LogP contribution in [0.3, 0.4) is 0 Å². The summed E-state index contributed by atoms with van der Waals surface area (Å²) >= 11 is 7.53. The maximum atomic E-state index is 13.4. The Labute approximate surface area is 149 Å². The molecule has 1 N–H and O–H groups in total. The fourth-order valence-electron chi connectivity index (χ4n) is 2.62. The zero-order valence-corrected chi connectivity index (χ0v) is 15.0. The summed E-state index contributed by atoms with van der Waals surface area (Å²) in [5.74, 6) is -0.264. The third-order valence-electron chi connectivity index (χ3n) is 4.15. The van der Waals surface area contributed by atoms with Gasteiger partial charge in [0.05, 0.1) is 5.02 Å². The van der Waals surface area contributed by atoms with E-state index in [0.717, 1.165) is 17.7 Å². The number of fused-ring (bicyclic) bond motifs is 1. The number of benzene rings is 2. The molecule has 0 aliphatic carbocycles. The van der Waals surface area contributed by atoms with Gasteiger partial charge in [0.1, 0.15) is 10.7 Å². The number of carbonyl (C=O) groups is 1. The Morgan fingerprint density at radius 1 is 1.29 bits per heavy atom. The Morgan fingerprint density at radius 3 is 2.79 bits per heavy atom. The van der Waals surface area contributed by atoms with E-state index in [1.165, 1.54) is 23.5 Å². The van der Waals surface area contributed by atoms with E-state index in [4.69, 9.17) is 11.6 Å². The highest BCUT2D eigenvalue weighted by molar-refractivity contribution is 7.21. The van der Waals surface area contributed by atoms with E-state index < -0.39 is 0 Å². The molecular formula is C19H17ClFNOS. The van der Waals surface area contributed by atoms with Crippen LogP contribution >= 0.6 is 22.9 Å². The lowest BCUT2D eigenvalue weighted by Gasteiger charge is -2.15. The molecule has 0 bridgehead atoms. The summed E-state index contributed by atoms with van der Waals surface area (Å²) in [7, 11) is 0. The van der Waals surface area contributed by atoms with Crippen molar-refractivity contribution in [3.8, 4) is 0 Å². The average Bonchev–Trinajstić information content (AvgIpc) is 2.90. The molecule has 1 atom stereocenters. The van der Waals surface area contributed by atoms with Gasteiger partial charge in [0.25, 0.3) is 5.91 Å². The highest BCUT2D eigenvalue weighted by atomic mass is 35.5. The van der Waals surface area contributed by atoms with Crippen molar-refractivity contribution in [2.45, 2.75) is 26.2 Å². The van der Waals surface area contributed by atoms with E-state index >= 15 is 0 Å². The lowest BCUT2D eigenvalue weighted by atomic mass is 9.97. The predicted octanol–water partition coefficient (Wildman–Crippen LogP) is 6.46. The Balaban J connectivity index is 1.95. The second kappa shape index (κ2) is 6.91. The van der Waals surface area contributed by atoms with E-state index in [0.29, 0.717) is 25.9 Å². The fraction of sp³-hybridized carbons (Fsp3) is 0.211. The van der Waals surface area contributed by atoms with Gasteiger partial charge in [-0.25, -0.2) is 4.39 Å². The number of rotatable bonds is 4. The monoisotopic (exact) mass is 361 g/mol. The SMILES string of the molecule is CCC(C)c1ccccc1NC(=O)c1sc2cc(F)ccc2c1Cl. The fourth-order valence-corrected chi connectivity index (χ4v) is 4.06. The molecule has 1 unspecified atom stereocenters. The average molecular weight is 362 g/mol. The van der Waals surface area contributed by atoms with Gasteiger partial charge in [0.2, 0.25) is 0 Å². The molecule has 0 aliphatic rings. The van der Waals surface area contributed by atoms with Gasteiger partial charge < -0.3 is 5.32 Å². The number of carbonyl (C=O) groups excluding carboxylic acids is 1. The largest absolute Gasteiger partial charge is 0.321 e. The second-order valence-corrected chi connectivity index (χ2v) is 7.17. The van der Waals surface area contributed by atoms with Gasteiger partial charge in [-0.1, -0.05) is 43.6 Å². The molecule has 0 aliphatic heterocycles. The Hall–Kier alpha value is -1.91. The van der Waals surface area contributed by atoms with Crippen molar-refractivity contribution in [2.75, 3.05) is 5.32 Å². The molecule has 5 heteroatoms. The van der Waals surface area contributed by atoms with Gasteiger partial charge in [-0.3, -0.25) is 4.79 Å². The number of hydrogen-bond donors (Lipinski definition) is 1. The first-order chi connectivity index (χ1) is 11.5. The summed E-state index contributed by atoms with van der Waals surface area (Å²) < 4.78 is 14.0. The van der Waals surface area contributed by atoms with Gasteiger partial charge in [-0.2, -0.15) is 0 Å². The van der Waals surface area contributed by atoms with E-state index in [9.17, 15) is 9.18 Å². The van der Waals surface area contributed by atoms with Crippen LogP contribution in [0.2, 0.25) is 5.02 Å². The van der Waals surface area contributed by atoms with E-state index in [-0.39, 0.29) is 11.7 Å². The summed E-state index contributed by atoms with van der Waals surface area (Å²) in [5.41, 5.74) is 1.88. The molecular weight excluding hydrogens is 345 g/mol. The van der Waals surface area contributed by atoms with Gasteiger partial charge in [-0.05, 0) is 42.2 Å². The van der Waals surface area contributed by atoms with Crippen LogP contribution in [-0.4, -0.2) is 5.91 Å². The quantitative estimate of drug-likeness (QED) is 0.567. The number of halogens is 2. The molecule has 0 saturated heterocycles. The number of nitrogens with one attached hydrogen (secondary N) is 1. The van der Waals surface area contributed by atoms with Crippen molar-refractivity contribution < 1.29 is 9.18 Å². The zero-order chi connectivity index (χ0) is 17.3. The summed E-state index contributed by atoms with van der Waals surface area (Å²) in [6.07, 6.45) is 0.982. The smallest absolute Gasteiger partial charge is 0.267 e. The van der Waals surface area contributed by atoms with Crippen LogP contribution in [0.1, 0.15) is 41.4 Å². The second-order valence-electron chi connectivity index (χ2n) is 5.74. The Kier molecular flexibility index (Phi) is 4.88. The topological polar surface area (TPSA) is 29.1 Å². The van der Waals surface area contributed by atoms with E-state index in [1.807, 2.05) is 24.3 Å². The number of hydrogen-bond acceptors (Lipinski definition) is 2. The van der Waals surface area contributed by atoms with Crippen molar-refractivity contribution in [3.63, 3.8) is 0 Å². The van der Waals surface area contributed by atoms with Crippen molar-refractivity contribution in [1.82, 2.24) is 0 Å². The van der Waals surface area contributed by atoms with Crippen LogP contribution < -0.4 is 5.32 Å². The van der Waals surface area contributed by atoms with Gasteiger partial charge >= 0.3 is 0 Å². The highest BCUT2D eigenvalue weighted by Gasteiger charge is 2.19. The third kappa shape index (κ3) is 3.17. The van der Waals surface area contributed by atoms with Crippen molar-refractivity contribution >= 4 is 44.6 Å². The zero-order valence-electron chi connectivity index (χ0n) is 13.4. The third-order valence-corrected chi connectivity index (χ3v) is 5.81. The van der Waals surface area contributed by atoms with Crippen molar-refractivity contribution in [2.24, 2.45) is 0 Å². The molecule has 3 rings (SSSR count). The molecule has 1 amide bonds. The molecule has 1 heterocycles. The van der Waals surface area contributed by atoms with Gasteiger partial charge in [0, 0.05) is 15.8 Å². The first-order valence-corrected chi connectivity index (χ1v) is 8.98. The highest BCUT2D eigenvalue weighted by Crippen LogP contribution is 2.36. The maximum absolute atomic E-state index is 13.4. The van der Waals surface area contributed by atoms with Crippen molar-refractivity contribution in [3.05, 3.63) is 63.7 Å².